The predicted octanol–water partition coefficient (Wildman–Crippen LogP) is 3.07. The molecule has 0 aliphatic rings. The second-order valence-electron chi connectivity index (χ2n) is 5.00. The van der Waals surface area contributed by atoms with Gasteiger partial charge >= 0.3 is 0 Å². The van der Waals surface area contributed by atoms with Crippen molar-refractivity contribution in [1.29, 1.82) is 0 Å². The maximum Gasteiger partial charge on any atom is 0.272 e. The molecule has 7 heteroatoms. The summed E-state index contributed by atoms with van der Waals surface area (Å²) in [6, 6.07) is 18.0. The van der Waals surface area contributed by atoms with Crippen LogP contribution in [0.2, 0.25) is 0 Å². The van der Waals surface area contributed by atoms with E-state index in [1.54, 1.807) is 60.8 Å². The van der Waals surface area contributed by atoms with Crippen molar-refractivity contribution >= 4 is 27.3 Å². The van der Waals surface area contributed by atoms with Crippen LogP contribution in [-0.4, -0.2) is 19.3 Å². The molecule has 0 saturated heterocycles. The summed E-state index contributed by atoms with van der Waals surface area (Å²) in [5, 5.41) is 2.69. The van der Waals surface area contributed by atoms with E-state index in [4.69, 9.17) is 0 Å². The quantitative estimate of drug-likeness (QED) is 0.666. The highest BCUT2D eigenvalue weighted by Gasteiger charge is 2.16. The van der Waals surface area contributed by atoms with Crippen molar-refractivity contribution in [2.45, 2.75) is 4.90 Å². The van der Waals surface area contributed by atoms with Crippen molar-refractivity contribution < 1.29 is 13.2 Å². The van der Waals surface area contributed by atoms with Crippen molar-refractivity contribution in [2.75, 3.05) is 10.0 Å². The molecule has 3 aromatic rings. The number of aromatic amines is 1. The van der Waals surface area contributed by atoms with Crippen LogP contribution in [0.25, 0.3) is 0 Å². The molecule has 0 aliphatic heterocycles. The number of rotatable bonds is 5. The summed E-state index contributed by atoms with van der Waals surface area (Å²) in [6.07, 6.45) is 1.64. The summed E-state index contributed by atoms with van der Waals surface area (Å²) in [5.74, 6) is -0.355. The van der Waals surface area contributed by atoms with Gasteiger partial charge in [-0.1, -0.05) is 30.3 Å². The first-order valence-corrected chi connectivity index (χ1v) is 8.66. The lowest BCUT2D eigenvalue weighted by molar-refractivity contribution is 0.102. The van der Waals surface area contributed by atoms with Gasteiger partial charge in [-0.3, -0.25) is 9.52 Å². The van der Waals surface area contributed by atoms with E-state index in [1.807, 2.05) is 0 Å². The summed E-state index contributed by atoms with van der Waals surface area (Å²) >= 11 is 0. The van der Waals surface area contributed by atoms with E-state index in [2.05, 4.69) is 15.0 Å². The molecule has 6 nitrogen and oxygen atoms in total. The number of aromatic nitrogens is 1. The van der Waals surface area contributed by atoms with Gasteiger partial charge in [-0.05, 0) is 36.4 Å². The number of anilines is 2. The molecule has 122 valence electrons. The fourth-order valence-corrected chi connectivity index (χ4v) is 3.25. The number of hydrogen-bond acceptors (Lipinski definition) is 3. The molecule has 24 heavy (non-hydrogen) atoms. The van der Waals surface area contributed by atoms with Crippen LogP contribution in [-0.2, 0) is 10.0 Å². The van der Waals surface area contributed by atoms with Crippen LogP contribution in [0, 0.1) is 0 Å². The molecule has 0 saturated carbocycles. The summed E-state index contributed by atoms with van der Waals surface area (Å²) < 4.78 is 27.4. The number of amides is 1. The highest BCUT2D eigenvalue weighted by molar-refractivity contribution is 7.92. The minimum atomic E-state index is -3.73. The zero-order valence-corrected chi connectivity index (χ0v) is 13.4. The average Bonchev–Trinajstić information content (AvgIpc) is 3.12. The fraction of sp³-hybridized carbons (Fsp3) is 0. The summed E-state index contributed by atoms with van der Waals surface area (Å²) in [7, 11) is -3.73. The van der Waals surface area contributed by atoms with E-state index < -0.39 is 10.0 Å². The molecular formula is C17H15N3O3S. The van der Waals surface area contributed by atoms with E-state index >= 15 is 0 Å². The highest BCUT2D eigenvalue weighted by Crippen LogP contribution is 2.24. The van der Waals surface area contributed by atoms with Gasteiger partial charge in [-0.15, -0.1) is 0 Å². The Labute approximate surface area is 139 Å². The fourth-order valence-electron chi connectivity index (χ4n) is 2.15. The van der Waals surface area contributed by atoms with E-state index in [1.165, 1.54) is 12.1 Å². The van der Waals surface area contributed by atoms with Crippen LogP contribution in [0.5, 0.6) is 0 Å². The van der Waals surface area contributed by atoms with E-state index in [-0.39, 0.29) is 10.8 Å². The Morgan fingerprint density at radius 1 is 0.833 bits per heavy atom. The van der Waals surface area contributed by atoms with Gasteiger partial charge in [0.2, 0.25) is 0 Å². The van der Waals surface area contributed by atoms with Crippen LogP contribution in [0.4, 0.5) is 11.4 Å². The molecule has 0 unspecified atom stereocenters. The first-order valence-electron chi connectivity index (χ1n) is 7.18. The number of benzene rings is 2. The van der Waals surface area contributed by atoms with Gasteiger partial charge in [-0.25, -0.2) is 8.42 Å². The van der Waals surface area contributed by atoms with Gasteiger partial charge < -0.3 is 10.3 Å². The molecule has 0 radical (unpaired) electrons. The number of nitrogens with one attached hydrogen (secondary N) is 3. The SMILES string of the molecule is O=C(Nc1ccccc1NS(=O)(=O)c1ccccc1)c1ccc[nH]1. The van der Waals surface area contributed by atoms with Crippen molar-refractivity contribution in [1.82, 2.24) is 4.98 Å². The Hall–Kier alpha value is -3.06. The maximum atomic E-state index is 12.4. The second-order valence-corrected chi connectivity index (χ2v) is 6.68. The van der Waals surface area contributed by atoms with Crippen molar-refractivity contribution in [2.24, 2.45) is 0 Å². The van der Waals surface area contributed by atoms with E-state index in [0.29, 0.717) is 17.1 Å². The summed E-state index contributed by atoms with van der Waals surface area (Å²) in [6.45, 7) is 0. The Morgan fingerprint density at radius 3 is 2.17 bits per heavy atom. The molecule has 2 aromatic carbocycles. The Bertz CT molecular complexity index is 936. The zero-order valence-electron chi connectivity index (χ0n) is 12.6. The van der Waals surface area contributed by atoms with Crippen LogP contribution in [0.3, 0.4) is 0 Å². The third-order valence-corrected chi connectivity index (χ3v) is 4.70. The number of para-hydroxylation sites is 2. The van der Waals surface area contributed by atoms with Gasteiger partial charge in [0.1, 0.15) is 5.69 Å². The van der Waals surface area contributed by atoms with Crippen molar-refractivity contribution in [3.63, 3.8) is 0 Å². The first-order chi connectivity index (χ1) is 11.6. The molecule has 0 aliphatic carbocycles. The molecular weight excluding hydrogens is 326 g/mol. The van der Waals surface area contributed by atoms with Gasteiger partial charge in [-0.2, -0.15) is 0 Å². The number of hydrogen-bond donors (Lipinski definition) is 3. The van der Waals surface area contributed by atoms with Crippen molar-refractivity contribution in [3.8, 4) is 0 Å². The third kappa shape index (κ3) is 3.47. The minimum absolute atomic E-state index is 0.149. The molecule has 3 rings (SSSR count). The lowest BCUT2D eigenvalue weighted by Crippen LogP contribution is -2.17. The lowest BCUT2D eigenvalue weighted by Gasteiger charge is -2.13. The number of sulfonamides is 1. The number of carbonyl (C=O) groups is 1. The van der Waals surface area contributed by atoms with Crippen molar-refractivity contribution in [3.05, 3.63) is 78.6 Å². The van der Waals surface area contributed by atoms with Gasteiger partial charge in [0, 0.05) is 6.20 Å². The lowest BCUT2D eigenvalue weighted by atomic mass is 10.2. The molecule has 0 fully saturated rings. The van der Waals surface area contributed by atoms with Gasteiger partial charge in [0.15, 0.2) is 0 Å². The Balaban J connectivity index is 1.86. The normalized spacial score (nSPS) is 11.0. The molecule has 1 heterocycles. The monoisotopic (exact) mass is 341 g/mol. The Kier molecular flexibility index (Phi) is 4.35. The summed E-state index contributed by atoms with van der Waals surface area (Å²) in [4.78, 5) is 15.1. The van der Waals surface area contributed by atoms with Gasteiger partial charge in [0.25, 0.3) is 15.9 Å². The molecule has 0 bridgehead atoms. The topological polar surface area (TPSA) is 91.1 Å². The molecule has 3 N–H and O–H groups in total. The minimum Gasteiger partial charge on any atom is -0.357 e. The largest absolute Gasteiger partial charge is 0.357 e. The molecule has 1 aromatic heterocycles. The number of carbonyl (C=O) groups excluding carboxylic acids is 1. The standard InChI is InChI=1S/C17H15N3O3S/c21-17(16-11-6-12-18-16)19-14-9-4-5-10-15(14)20-24(22,23)13-7-2-1-3-8-13/h1-12,18,20H,(H,19,21). The van der Waals surface area contributed by atoms with Crippen LogP contribution in [0.1, 0.15) is 10.5 Å². The smallest absolute Gasteiger partial charge is 0.272 e. The number of H-pyrrole nitrogens is 1. The predicted molar refractivity (Wildman–Crippen MR) is 92.4 cm³/mol. The summed E-state index contributed by atoms with van der Waals surface area (Å²) in [5.41, 5.74) is 1.05. The molecule has 1 amide bonds. The third-order valence-electron chi connectivity index (χ3n) is 3.32. The van der Waals surface area contributed by atoms with Gasteiger partial charge in [0.05, 0.1) is 16.3 Å². The Morgan fingerprint density at radius 2 is 1.50 bits per heavy atom. The molecule has 0 spiro atoms. The average molecular weight is 341 g/mol. The van der Waals surface area contributed by atoms with E-state index in [0.717, 1.165) is 0 Å². The second kappa shape index (κ2) is 6.59. The zero-order chi connectivity index (χ0) is 17.0. The van der Waals surface area contributed by atoms with E-state index in [9.17, 15) is 13.2 Å². The van der Waals surface area contributed by atoms with Crippen LogP contribution < -0.4 is 10.0 Å². The highest BCUT2D eigenvalue weighted by atomic mass is 32.2. The van der Waals surface area contributed by atoms with Crippen LogP contribution in [0.15, 0.2) is 77.8 Å². The molecule has 0 atom stereocenters. The maximum absolute atomic E-state index is 12.4. The van der Waals surface area contributed by atoms with Crippen LogP contribution >= 0.6 is 0 Å². The first kappa shape index (κ1) is 15.8.